The first-order chi connectivity index (χ1) is 7.59. The van der Waals surface area contributed by atoms with Gasteiger partial charge in [0, 0.05) is 16.1 Å². The second-order valence-electron chi connectivity index (χ2n) is 3.15. The fraction of sp³-hybridized carbons (Fsp3) is 0. The van der Waals surface area contributed by atoms with Crippen LogP contribution < -0.4 is 5.73 Å². The molecule has 2 N–H and O–H groups in total. The molecular weight excluding hydrogens is 249 g/mol. The minimum absolute atomic E-state index is 0.0872. The number of carbonyl (C=O) groups excluding carboxylic acids is 1. The minimum atomic E-state index is -0.633. The first-order valence-corrected chi connectivity index (χ1v) is 5.18. The van der Waals surface area contributed by atoms with Gasteiger partial charge in [-0.2, -0.15) is 0 Å². The van der Waals surface area contributed by atoms with Gasteiger partial charge in [-0.05, 0) is 18.2 Å². The van der Waals surface area contributed by atoms with E-state index in [1.54, 1.807) is 24.3 Å². The van der Waals surface area contributed by atoms with Crippen molar-refractivity contribution in [3.8, 4) is 11.1 Å². The number of hydrogen-bond acceptors (Lipinski definition) is 2. The molecule has 0 unspecified atom stereocenters. The Bertz CT molecular complexity index is 549. The highest BCUT2D eigenvalue weighted by Crippen LogP contribution is 2.32. The molecule has 2 aromatic rings. The first-order valence-electron chi connectivity index (χ1n) is 4.42. The van der Waals surface area contributed by atoms with E-state index in [1.807, 2.05) is 0 Å². The van der Waals surface area contributed by atoms with Gasteiger partial charge >= 0.3 is 0 Å². The molecule has 1 amide bonds. The van der Waals surface area contributed by atoms with E-state index in [-0.39, 0.29) is 5.76 Å². The number of primary amides is 1. The summed E-state index contributed by atoms with van der Waals surface area (Å²) in [5.41, 5.74) is 6.40. The van der Waals surface area contributed by atoms with Crippen LogP contribution in [0, 0.1) is 0 Å². The van der Waals surface area contributed by atoms with E-state index >= 15 is 0 Å². The third kappa shape index (κ3) is 1.92. The lowest BCUT2D eigenvalue weighted by molar-refractivity contribution is 0.0975. The number of furan rings is 1. The standard InChI is InChI=1S/C11H7Cl2NO2/c12-6-1-2-7(9(13)5-6)8-3-4-16-10(8)11(14)15/h1-5H,(H2,14,15). The van der Waals surface area contributed by atoms with Crippen molar-refractivity contribution in [2.75, 3.05) is 0 Å². The molecule has 1 aromatic carbocycles. The Labute approximate surface area is 102 Å². The molecule has 0 aliphatic carbocycles. The predicted octanol–water partition coefficient (Wildman–Crippen LogP) is 3.35. The van der Waals surface area contributed by atoms with E-state index < -0.39 is 5.91 Å². The SMILES string of the molecule is NC(=O)c1occc1-c1ccc(Cl)cc1Cl. The maximum Gasteiger partial charge on any atom is 0.285 e. The van der Waals surface area contributed by atoms with Crippen molar-refractivity contribution in [1.29, 1.82) is 0 Å². The van der Waals surface area contributed by atoms with E-state index in [9.17, 15) is 4.79 Å². The molecule has 2 rings (SSSR count). The average molecular weight is 256 g/mol. The summed E-state index contributed by atoms with van der Waals surface area (Å²) in [4.78, 5) is 11.1. The van der Waals surface area contributed by atoms with Crippen molar-refractivity contribution >= 4 is 29.1 Å². The van der Waals surface area contributed by atoms with Crippen LogP contribution >= 0.6 is 23.2 Å². The topological polar surface area (TPSA) is 56.2 Å². The highest BCUT2D eigenvalue weighted by atomic mass is 35.5. The lowest BCUT2D eigenvalue weighted by atomic mass is 10.1. The molecule has 0 saturated heterocycles. The molecule has 5 heteroatoms. The molecule has 3 nitrogen and oxygen atoms in total. The lowest BCUT2D eigenvalue weighted by Crippen LogP contribution is -2.10. The van der Waals surface area contributed by atoms with Gasteiger partial charge in [0.15, 0.2) is 5.76 Å². The van der Waals surface area contributed by atoms with E-state index in [1.165, 1.54) is 6.26 Å². The molecule has 1 heterocycles. The summed E-state index contributed by atoms with van der Waals surface area (Å²) in [5.74, 6) is -0.546. The van der Waals surface area contributed by atoms with E-state index in [2.05, 4.69) is 0 Å². The Morgan fingerprint density at radius 1 is 1.19 bits per heavy atom. The largest absolute Gasteiger partial charge is 0.459 e. The zero-order valence-electron chi connectivity index (χ0n) is 8.04. The Morgan fingerprint density at radius 2 is 1.94 bits per heavy atom. The summed E-state index contributed by atoms with van der Waals surface area (Å²) in [6.45, 7) is 0. The van der Waals surface area contributed by atoms with Crippen LogP contribution in [0.15, 0.2) is 34.9 Å². The van der Waals surface area contributed by atoms with Gasteiger partial charge in [0.2, 0.25) is 0 Å². The molecule has 0 aliphatic rings. The number of rotatable bonds is 2. The van der Waals surface area contributed by atoms with Crippen LogP contribution in [0.4, 0.5) is 0 Å². The molecule has 0 fully saturated rings. The Morgan fingerprint density at radius 3 is 2.56 bits per heavy atom. The van der Waals surface area contributed by atoms with Crippen LogP contribution in [-0.2, 0) is 0 Å². The molecular formula is C11H7Cl2NO2. The number of amides is 1. The molecule has 0 saturated carbocycles. The summed E-state index contributed by atoms with van der Waals surface area (Å²) < 4.78 is 5.00. The Balaban J connectivity index is 2.59. The molecule has 0 aliphatic heterocycles. The summed E-state index contributed by atoms with van der Waals surface area (Å²) in [7, 11) is 0. The molecule has 0 atom stereocenters. The highest BCUT2D eigenvalue weighted by molar-refractivity contribution is 6.36. The second-order valence-corrected chi connectivity index (χ2v) is 4.00. The lowest BCUT2D eigenvalue weighted by Gasteiger charge is -2.03. The minimum Gasteiger partial charge on any atom is -0.459 e. The summed E-state index contributed by atoms with van der Waals surface area (Å²) in [6.07, 6.45) is 1.39. The predicted molar refractivity (Wildman–Crippen MR) is 62.7 cm³/mol. The molecule has 16 heavy (non-hydrogen) atoms. The molecule has 82 valence electrons. The summed E-state index contributed by atoms with van der Waals surface area (Å²) in [5, 5.41) is 0.967. The number of halogens is 2. The number of nitrogens with two attached hydrogens (primary N) is 1. The summed E-state index contributed by atoms with van der Waals surface area (Å²) in [6, 6.07) is 6.62. The van der Waals surface area contributed by atoms with E-state index in [0.717, 1.165) is 0 Å². The van der Waals surface area contributed by atoms with E-state index in [4.69, 9.17) is 33.4 Å². The van der Waals surface area contributed by atoms with Gasteiger partial charge in [-0.3, -0.25) is 4.79 Å². The van der Waals surface area contributed by atoms with Crippen molar-refractivity contribution in [3.63, 3.8) is 0 Å². The highest BCUT2D eigenvalue weighted by Gasteiger charge is 2.15. The zero-order valence-corrected chi connectivity index (χ0v) is 9.55. The molecule has 0 radical (unpaired) electrons. The van der Waals surface area contributed by atoms with Crippen LogP contribution in [0.25, 0.3) is 11.1 Å². The van der Waals surface area contributed by atoms with E-state index in [0.29, 0.717) is 21.2 Å². The second kappa shape index (κ2) is 4.20. The molecule has 0 spiro atoms. The maximum absolute atomic E-state index is 11.1. The van der Waals surface area contributed by atoms with Gasteiger partial charge < -0.3 is 10.2 Å². The fourth-order valence-corrected chi connectivity index (χ4v) is 1.93. The quantitative estimate of drug-likeness (QED) is 0.895. The third-order valence-corrected chi connectivity index (χ3v) is 2.66. The van der Waals surface area contributed by atoms with Gasteiger partial charge in [-0.15, -0.1) is 0 Å². The van der Waals surface area contributed by atoms with Crippen molar-refractivity contribution in [2.45, 2.75) is 0 Å². The van der Waals surface area contributed by atoms with Crippen molar-refractivity contribution in [3.05, 3.63) is 46.3 Å². The Hall–Kier alpha value is -1.45. The Kier molecular flexibility index (Phi) is 2.90. The maximum atomic E-state index is 11.1. The van der Waals surface area contributed by atoms with Crippen LogP contribution in [0.5, 0.6) is 0 Å². The number of carbonyl (C=O) groups is 1. The van der Waals surface area contributed by atoms with Gasteiger partial charge in [0.05, 0.1) is 11.3 Å². The van der Waals surface area contributed by atoms with Crippen LogP contribution in [0.2, 0.25) is 10.0 Å². The monoisotopic (exact) mass is 255 g/mol. The number of benzene rings is 1. The first kappa shape index (κ1) is 11.0. The molecule has 0 bridgehead atoms. The normalized spacial score (nSPS) is 10.4. The van der Waals surface area contributed by atoms with Gasteiger partial charge in [-0.25, -0.2) is 0 Å². The van der Waals surface area contributed by atoms with Crippen molar-refractivity contribution in [2.24, 2.45) is 5.73 Å². The van der Waals surface area contributed by atoms with Crippen molar-refractivity contribution < 1.29 is 9.21 Å². The smallest absolute Gasteiger partial charge is 0.285 e. The van der Waals surface area contributed by atoms with Gasteiger partial charge in [-0.1, -0.05) is 29.3 Å². The molecule has 1 aromatic heterocycles. The van der Waals surface area contributed by atoms with Gasteiger partial charge in [0.25, 0.3) is 5.91 Å². The third-order valence-electron chi connectivity index (χ3n) is 2.11. The van der Waals surface area contributed by atoms with Crippen LogP contribution in [-0.4, -0.2) is 5.91 Å². The van der Waals surface area contributed by atoms with Crippen LogP contribution in [0.1, 0.15) is 10.6 Å². The van der Waals surface area contributed by atoms with Gasteiger partial charge in [0.1, 0.15) is 0 Å². The zero-order chi connectivity index (χ0) is 11.7. The summed E-state index contributed by atoms with van der Waals surface area (Å²) >= 11 is 11.8. The van der Waals surface area contributed by atoms with Crippen molar-refractivity contribution in [1.82, 2.24) is 0 Å². The van der Waals surface area contributed by atoms with Crippen LogP contribution in [0.3, 0.4) is 0 Å². The average Bonchev–Trinajstić information content (AvgIpc) is 2.66. The fourth-order valence-electron chi connectivity index (χ4n) is 1.42. The number of hydrogen-bond donors (Lipinski definition) is 1.